The molecule has 1 rings (SSSR count). The van der Waals surface area contributed by atoms with Gasteiger partial charge in [-0.2, -0.15) is 0 Å². The largest absolute Gasteiger partial charge is 0.480 e. The van der Waals surface area contributed by atoms with E-state index in [1.54, 1.807) is 0 Å². The average Bonchev–Trinajstić information content (AvgIpc) is 2.48. The molecule has 1 atom stereocenters. The minimum Gasteiger partial charge on any atom is -0.480 e. The molecule has 0 saturated carbocycles. The Hall–Kier alpha value is -1.92. The molecule has 0 spiro atoms. The summed E-state index contributed by atoms with van der Waals surface area (Å²) < 4.78 is 0. The molecular weight excluding hydrogens is 282 g/mol. The van der Waals surface area contributed by atoms with Gasteiger partial charge in [-0.1, -0.05) is 24.3 Å². The molecular formula is C16H25N3O3. The minimum atomic E-state index is -1.01. The molecule has 5 N–H and O–H groups in total. The fourth-order valence-electron chi connectivity index (χ4n) is 2.11. The molecule has 22 heavy (non-hydrogen) atoms. The predicted molar refractivity (Wildman–Crippen MR) is 85.4 cm³/mol. The molecule has 0 aromatic heterocycles. The van der Waals surface area contributed by atoms with E-state index >= 15 is 0 Å². The van der Waals surface area contributed by atoms with E-state index in [1.807, 2.05) is 31.2 Å². The lowest BCUT2D eigenvalue weighted by molar-refractivity contribution is -0.141. The van der Waals surface area contributed by atoms with Gasteiger partial charge in [0.1, 0.15) is 6.04 Å². The maximum atomic E-state index is 11.8. The van der Waals surface area contributed by atoms with E-state index in [-0.39, 0.29) is 12.5 Å². The molecule has 6 nitrogen and oxygen atoms in total. The third-order valence-electron chi connectivity index (χ3n) is 3.44. The number of hydrogen-bond acceptors (Lipinski definition) is 4. The van der Waals surface area contributed by atoms with Crippen LogP contribution in [0, 0.1) is 6.92 Å². The van der Waals surface area contributed by atoms with Crippen LogP contribution in [0.1, 0.15) is 30.4 Å². The second-order valence-corrected chi connectivity index (χ2v) is 5.27. The number of carbonyl (C=O) groups is 2. The van der Waals surface area contributed by atoms with E-state index in [1.165, 1.54) is 0 Å². The zero-order valence-corrected chi connectivity index (χ0v) is 13.0. The molecule has 122 valence electrons. The summed E-state index contributed by atoms with van der Waals surface area (Å²) in [5, 5.41) is 14.7. The van der Waals surface area contributed by atoms with Gasteiger partial charge in [0.15, 0.2) is 0 Å². The lowest BCUT2D eigenvalue weighted by Crippen LogP contribution is -2.44. The maximum Gasteiger partial charge on any atom is 0.326 e. The molecule has 0 aliphatic heterocycles. The summed E-state index contributed by atoms with van der Waals surface area (Å²) in [6.07, 6.45) is 1.84. The number of hydrogen-bond donors (Lipinski definition) is 4. The first-order chi connectivity index (χ1) is 10.5. The molecule has 0 bridgehead atoms. The number of amides is 1. The van der Waals surface area contributed by atoms with Gasteiger partial charge in [0.25, 0.3) is 0 Å². The average molecular weight is 307 g/mol. The standard InChI is InChI=1S/C16H25N3O3/c1-12-6-2-3-7-13(12)10-18-11-15(20)19-14(16(21)22)8-4-5-9-17/h2-3,6-7,14,18H,4-5,8-11,17H2,1H3,(H,19,20)(H,21,22). The Morgan fingerprint density at radius 3 is 2.64 bits per heavy atom. The van der Waals surface area contributed by atoms with E-state index in [0.717, 1.165) is 17.5 Å². The highest BCUT2D eigenvalue weighted by atomic mass is 16.4. The number of nitrogens with two attached hydrogens (primary N) is 1. The van der Waals surface area contributed by atoms with Crippen LogP contribution in [0.25, 0.3) is 0 Å². The Labute approximate surface area is 131 Å². The van der Waals surface area contributed by atoms with Gasteiger partial charge in [0, 0.05) is 6.54 Å². The van der Waals surface area contributed by atoms with Crippen LogP contribution in [0.2, 0.25) is 0 Å². The van der Waals surface area contributed by atoms with E-state index in [4.69, 9.17) is 10.8 Å². The summed E-state index contributed by atoms with van der Waals surface area (Å²) in [7, 11) is 0. The molecule has 0 aliphatic carbocycles. The summed E-state index contributed by atoms with van der Waals surface area (Å²) in [6.45, 7) is 3.20. The second-order valence-electron chi connectivity index (χ2n) is 5.27. The van der Waals surface area contributed by atoms with Crippen molar-refractivity contribution in [3.63, 3.8) is 0 Å². The molecule has 0 fully saturated rings. The monoisotopic (exact) mass is 307 g/mol. The van der Waals surface area contributed by atoms with Gasteiger partial charge in [-0.3, -0.25) is 4.79 Å². The lowest BCUT2D eigenvalue weighted by Gasteiger charge is -2.15. The molecule has 1 aromatic rings. The van der Waals surface area contributed by atoms with Crippen molar-refractivity contribution >= 4 is 11.9 Å². The van der Waals surface area contributed by atoms with Gasteiger partial charge in [-0.05, 0) is 43.9 Å². The number of aliphatic carboxylic acids is 1. The van der Waals surface area contributed by atoms with E-state index in [9.17, 15) is 9.59 Å². The SMILES string of the molecule is Cc1ccccc1CNCC(=O)NC(CCCCN)C(=O)O. The lowest BCUT2D eigenvalue weighted by atomic mass is 10.1. The van der Waals surface area contributed by atoms with Gasteiger partial charge in [-0.15, -0.1) is 0 Å². The number of rotatable bonds is 10. The predicted octanol–water partition coefficient (Wildman–Crippen LogP) is 0.783. The first kappa shape index (κ1) is 18.1. The molecule has 6 heteroatoms. The fraction of sp³-hybridized carbons (Fsp3) is 0.500. The highest BCUT2D eigenvalue weighted by molar-refractivity contribution is 5.84. The van der Waals surface area contributed by atoms with Gasteiger partial charge in [0.05, 0.1) is 6.54 Å². The third-order valence-corrected chi connectivity index (χ3v) is 3.44. The first-order valence-corrected chi connectivity index (χ1v) is 7.52. The maximum absolute atomic E-state index is 11.8. The Bertz CT molecular complexity index is 491. The number of carboxylic acids is 1. The van der Waals surface area contributed by atoms with Crippen molar-refractivity contribution in [1.82, 2.24) is 10.6 Å². The number of benzene rings is 1. The highest BCUT2D eigenvalue weighted by Gasteiger charge is 2.18. The third kappa shape index (κ3) is 6.69. The van der Waals surface area contributed by atoms with Gasteiger partial charge < -0.3 is 21.5 Å². The number of nitrogens with one attached hydrogen (secondary N) is 2. The number of carbonyl (C=O) groups excluding carboxylic acids is 1. The summed E-state index contributed by atoms with van der Waals surface area (Å²) >= 11 is 0. The van der Waals surface area contributed by atoms with Crippen LogP contribution in [0.5, 0.6) is 0 Å². The van der Waals surface area contributed by atoms with Crippen molar-refractivity contribution in [1.29, 1.82) is 0 Å². The van der Waals surface area contributed by atoms with Crippen molar-refractivity contribution in [3.05, 3.63) is 35.4 Å². The summed E-state index contributed by atoms with van der Waals surface area (Å²) in [6, 6.07) is 7.06. The molecule has 1 amide bonds. The quantitative estimate of drug-likeness (QED) is 0.478. The van der Waals surface area contributed by atoms with Crippen LogP contribution in [-0.2, 0) is 16.1 Å². The van der Waals surface area contributed by atoms with E-state index in [2.05, 4.69) is 10.6 Å². The zero-order valence-electron chi connectivity index (χ0n) is 13.0. The van der Waals surface area contributed by atoms with Crippen molar-refractivity contribution in [2.24, 2.45) is 5.73 Å². The van der Waals surface area contributed by atoms with Crippen molar-refractivity contribution in [3.8, 4) is 0 Å². The van der Waals surface area contributed by atoms with Crippen LogP contribution >= 0.6 is 0 Å². The summed E-state index contributed by atoms with van der Waals surface area (Å²) in [5.41, 5.74) is 7.65. The van der Waals surface area contributed by atoms with Crippen LogP contribution in [0.15, 0.2) is 24.3 Å². The van der Waals surface area contributed by atoms with Gasteiger partial charge in [-0.25, -0.2) is 4.79 Å². The van der Waals surface area contributed by atoms with Crippen LogP contribution < -0.4 is 16.4 Å². The minimum absolute atomic E-state index is 0.0923. The zero-order chi connectivity index (χ0) is 16.4. The van der Waals surface area contributed by atoms with Crippen molar-refractivity contribution in [2.45, 2.75) is 38.8 Å². The smallest absolute Gasteiger partial charge is 0.326 e. The molecule has 0 heterocycles. The Morgan fingerprint density at radius 1 is 1.27 bits per heavy atom. The fourth-order valence-corrected chi connectivity index (χ4v) is 2.11. The van der Waals surface area contributed by atoms with E-state index in [0.29, 0.717) is 25.9 Å². The number of aryl methyl sites for hydroxylation is 1. The van der Waals surface area contributed by atoms with Gasteiger partial charge >= 0.3 is 5.97 Å². The molecule has 1 unspecified atom stereocenters. The molecule has 1 aromatic carbocycles. The Kier molecular flexibility index (Phi) is 8.17. The molecule has 0 aliphatic rings. The normalized spacial score (nSPS) is 11.9. The Balaban J connectivity index is 2.34. The summed E-state index contributed by atoms with van der Waals surface area (Å²) in [5.74, 6) is -1.32. The Morgan fingerprint density at radius 2 is 2.00 bits per heavy atom. The summed E-state index contributed by atoms with van der Waals surface area (Å²) in [4.78, 5) is 22.9. The van der Waals surface area contributed by atoms with Crippen molar-refractivity contribution in [2.75, 3.05) is 13.1 Å². The topological polar surface area (TPSA) is 104 Å². The van der Waals surface area contributed by atoms with Crippen LogP contribution in [0.4, 0.5) is 0 Å². The van der Waals surface area contributed by atoms with Crippen molar-refractivity contribution < 1.29 is 14.7 Å². The van der Waals surface area contributed by atoms with E-state index < -0.39 is 12.0 Å². The number of carboxylic acid groups (broad SMARTS) is 1. The van der Waals surface area contributed by atoms with Crippen LogP contribution in [-0.4, -0.2) is 36.1 Å². The number of unbranched alkanes of at least 4 members (excludes halogenated alkanes) is 1. The molecule has 0 radical (unpaired) electrons. The molecule has 0 saturated heterocycles. The first-order valence-electron chi connectivity index (χ1n) is 7.52. The highest BCUT2D eigenvalue weighted by Crippen LogP contribution is 2.05. The van der Waals surface area contributed by atoms with Crippen LogP contribution in [0.3, 0.4) is 0 Å². The second kappa shape index (κ2) is 9.92. The van der Waals surface area contributed by atoms with Gasteiger partial charge in [0.2, 0.25) is 5.91 Å².